The van der Waals surface area contributed by atoms with Crippen LogP contribution in [0.5, 0.6) is 5.75 Å². The maximum absolute atomic E-state index is 9.22. The van der Waals surface area contributed by atoms with E-state index in [1.165, 1.54) is 11.3 Å². The highest BCUT2D eigenvalue weighted by Gasteiger charge is 2.19. The molecule has 2 heterocycles. The van der Waals surface area contributed by atoms with E-state index in [0.717, 1.165) is 13.1 Å². The number of rotatable bonds is 6. The van der Waals surface area contributed by atoms with Gasteiger partial charge in [0.25, 0.3) is 0 Å². The summed E-state index contributed by atoms with van der Waals surface area (Å²) in [6.45, 7) is 7.82. The first-order valence-electron chi connectivity index (χ1n) is 8.75. The highest BCUT2D eigenvalue weighted by Crippen LogP contribution is 2.40. The van der Waals surface area contributed by atoms with Crippen LogP contribution >= 0.6 is 34.5 Å². The molecule has 0 aliphatic rings. The van der Waals surface area contributed by atoms with Gasteiger partial charge in [-0.2, -0.15) is 5.26 Å². The lowest BCUT2D eigenvalue weighted by Gasteiger charge is -2.27. The zero-order valence-corrected chi connectivity index (χ0v) is 18.0. The molecule has 1 unspecified atom stereocenters. The van der Waals surface area contributed by atoms with Crippen LogP contribution in [-0.4, -0.2) is 34.2 Å². The maximum Gasteiger partial charge on any atom is 0.221 e. The van der Waals surface area contributed by atoms with Crippen LogP contribution in [0.4, 0.5) is 5.95 Å². The molecule has 0 aliphatic heterocycles. The summed E-state index contributed by atoms with van der Waals surface area (Å²) in [5.74, 6) is 0.611. The number of hydrogen-bond acceptors (Lipinski definition) is 7. The van der Waals surface area contributed by atoms with Crippen LogP contribution < -0.4 is 10.5 Å². The Hall–Kier alpha value is -2.11. The molecule has 0 bridgehead atoms. The van der Waals surface area contributed by atoms with Gasteiger partial charge in [0.15, 0.2) is 0 Å². The lowest BCUT2D eigenvalue weighted by atomic mass is 10.1. The second-order valence-electron chi connectivity index (χ2n) is 6.07. The molecule has 0 aliphatic carbocycles. The van der Waals surface area contributed by atoms with Gasteiger partial charge in [0.2, 0.25) is 5.95 Å². The second kappa shape index (κ2) is 8.50. The number of benzene rings is 1. The number of ether oxygens (including phenoxy) is 1. The summed E-state index contributed by atoms with van der Waals surface area (Å²) in [5.41, 5.74) is 7.05. The maximum atomic E-state index is 9.22. The number of fused-ring (bicyclic) bond motifs is 1. The predicted molar refractivity (Wildman–Crippen MR) is 115 cm³/mol. The zero-order valence-electron chi connectivity index (χ0n) is 15.7. The minimum absolute atomic E-state index is 0.110. The van der Waals surface area contributed by atoms with Crippen LogP contribution in [0.1, 0.15) is 25.6 Å². The Morgan fingerprint density at radius 1 is 1.21 bits per heavy atom. The van der Waals surface area contributed by atoms with Crippen molar-refractivity contribution in [3.05, 3.63) is 33.1 Å². The molecule has 1 atom stereocenters. The van der Waals surface area contributed by atoms with Crippen molar-refractivity contribution in [2.24, 2.45) is 0 Å². The number of nitrogens with zero attached hydrogens (tertiary/aromatic N) is 4. The summed E-state index contributed by atoms with van der Waals surface area (Å²) < 4.78 is 6.09. The van der Waals surface area contributed by atoms with Crippen molar-refractivity contribution in [3.8, 4) is 23.1 Å². The average molecular weight is 436 g/mol. The quantitative estimate of drug-likeness (QED) is 0.536. The Labute approximate surface area is 177 Å². The minimum Gasteiger partial charge on any atom is -0.474 e. The van der Waals surface area contributed by atoms with Gasteiger partial charge in [-0.3, -0.25) is 4.90 Å². The van der Waals surface area contributed by atoms with Gasteiger partial charge in [-0.05, 0) is 38.2 Å². The van der Waals surface area contributed by atoms with E-state index in [4.69, 9.17) is 33.7 Å². The van der Waals surface area contributed by atoms with Crippen molar-refractivity contribution >= 4 is 50.7 Å². The van der Waals surface area contributed by atoms with E-state index in [1.54, 1.807) is 18.2 Å². The summed E-state index contributed by atoms with van der Waals surface area (Å²) in [7, 11) is 0. The SMILES string of the molecule is CCN(CC)C(C)Oc1cc(-c2nc(N)nc3sc(C#N)cc23)c(Cl)cc1Cl. The van der Waals surface area contributed by atoms with Gasteiger partial charge in [-0.15, -0.1) is 11.3 Å². The fraction of sp³-hybridized carbons (Fsp3) is 0.316. The highest BCUT2D eigenvalue weighted by molar-refractivity contribution is 7.19. The molecule has 6 nitrogen and oxygen atoms in total. The number of anilines is 1. The fourth-order valence-electron chi connectivity index (χ4n) is 3.00. The molecular formula is C19H19Cl2N5OS. The molecular weight excluding hydrogens is 417 g/mol. The van der Waals surface area contributed by atoms with Gasteiger partial charge in [0, 0.05) is 10.9 Å². The van der Waals surface area contributed by atoms with Crippen LogP contribution in [-0.2, 0) is 0 Å². The number of halogens is 2. The Balaban J connectivity index is 2.12. The first-order chi connectivity index (χ1) is 13.4. The van der Waals surface area contributed by atoms with Crippen molar-refractivity contribution in [1.82, 2.24) is 14.9 Å². The standard InChI is InChI=1S/C19H19Cl2N5OS/c1-4-26(5-2)10(3)27-16-7-12(14(20)8-15(16)21)17-13-6-11(9-22)28-18(13)25-19(23)24-17/h6-8,10H,4-5H2,1-3H3,(H2,23,24,25). The summed E-state index contributed by atoms with van der Waals surface area (Å²) in [6, 6.07) is 7.25. The number of thiophene rings is 1. The van der Waals surface area contributed by atoms with Crippen LogP contribution in [0.3, 0.4) is 0 Å². The van der Waals surface area contributed by atoms with Crippen molar-refractivity contribution in [2.45, 2.75) is 27.0 Å². The van der Waals surface area contributed by atoms with Crippen LogP contribution in [0.25, 0.3) is 21.5 Å². The smallest absolute Gasteiger partial charge is 0.221 e. The fourth-order valence-corrected chi connectivity index (χ4v) is 4.35. The first kappa shape index (κ1) is 20.6. The Bertz CT molecular complexity index is 1060. The largest absolute Gasteiger partial charge is 0.474 e. The first-order valence-corrected chi connectivity index (χ1v) is 10.3. The third-order valence-electron chi connectivity index (χ3n) is 4.42. The molecule has 2 N–H and O–H groups in total. The molecule has 146 valence electrons. The zero-order chi connectivity index (χ0) is 20.4. The van der Waals surface area contributed by atoms with Gasteiger partial charge >= 0.3 is 0 Å². The molecule has 0 fully saturated rings. The minimum atomic E-state index is -0.164. The van der Waals surface area contributed by atoms with E-state index in [9.17, 15) is 5.26 Å². The second-order valence-corrected chi connectivity index (χ2v) is 7.92. The molecule has 28 heavy (non-hydrogen) atoms. The average Bonchev–Trinajstić information content (AvgIpc) is 3.07. The van der Waals surface area contributed by atoms with Crippen LogP contribution in [0.15, 0.2) is 18.2 Å². The number of aromatic nitrogens is 2. The normalized spacial score (nSPS) is 12.3. The number of hydrogen-bond donors (Lipinski definition) is 1. The molecule has 3 rings (SSSR count). The Morgan fingerprint density at radius 2 is 1.93 bits per heavy atom. The highest BCUT2D eigenvalue weighted by atomic mass is 35.5. The molecule has 1 aromatic carbocycles. The van der Waals surface area contributed by atoms with E-state index in [-0.39, 0.29) is 12.2 Å². The van der Waals surface area contributed by atoms with E-state index < -0.39 is 0 Å². The monoisotopic (exact) mass is 435 g/mol. The van der Waals surface area contributed by atoms with Crippen molar-refractivity contribution in [1.29, 1.82) is 5.26 Å². The molecule has 0 radical (unpaired) electrons. The van der Waals surface area contributed by atoms with Crippen LogP contribution in [0, 0.1) is 11.3 Å². The molecule has 3 aromatic rings. The van der Waals surface area contributed by atoms with Gasteiger partial charge in [0.05, 0.1) is 15.7 Å². The van der Waals surface area contributed by atoms with Crippen LogP contribution in [0.2, 0.25) is 10.0 Å². The van der Waals surface area contributed by atoms with Gasteiger partial charge in [-0.1, -0.05) is 37.0 Å². The van der Waals surface area contributed by atoms with Crippen molar-refractivity contribution in [2.75, 3.05) is 18.8 Å². The van der Waals surface area contributed by atoms with E-state index in [0.29, 0.717) is 42.1 Å². The van der Waals surface area contributed by atoms with Gasteiger partial charge in [-0.25, -0.2) is 9.97 Å². The van der Waals surface area contributed by atoms with E-state index in [2.05, 4.69) is 34.8 Å². The van der Waals surface area contributed by atoms with Gasteiger partial charge in [0.1, 0.15) is 27.8 Å². The third kappa shape index (κ3) is 4.01. The predicted octanol–water partition coefficient (Wildman–Crippen LogP) is 5.19. The molecule has 0 amide bonds. The molecule has 0 saturated heterocycles. The molecule has 2 aromatic heterocycles. The summed E-state index contributed by atoms with van der Waals surface area (Å²) in [4.78, 5) is 11.9. The van der Waals surface area contributed by atoms with Crippen molar-refractivity contribution in [3.63, 3.8) is 0 Å². The number of nitriles is 1. The molecule has 0 saturated carbocycles. The van der Waals surface area contributed by atoms with Crippen molar-refractivity contribution < 1.29 is 4.74 Å². The van der Waals surface area contributed by atoms with E-state index >= 15 is 0 Å². The summed E-state index contributed by atoms with van der Waals surface area (Å²) in [6.07, 6.45) is -0.164. The molecule has 0 spiro atoms. The topological polar surface area (TPSA) is 88.1 Å². The third-order valence-corrected chi connectivity index (χ3v) is 5.96. The number of nitrogen functional groups attached to an aromatic ring is 1. The summed E-state index contributed by atoms with van der Waals surface area (Å²) >= 11 is 14.1. The van der Waals surface area contributed by atoms with Gasteiger partial charge < -0.3 is 10.5 Å². The van der Waals surface area contributed by atoms with E-state index in [1.807, 2.05) is 6.92 Å². The molecule has 9 heteroatoms. The Morgan fingerprint density at radius 3 is 2.57 bits per heavy atom. The lowest BCUT2D eigenvalue weighted by Crippen LogP contribution is -2.36. The Kier molecular flexibility index (Phi) is 6.26. The summed E-state index contributed by atoms with van der Waals surface area (Å²) in [5, 5.41) is 10.8. The number of nitrogens with two attached hydrogens (primary N) is 1. The lowest BCUT2D eigenvalue weighted by molar-refractivity contribution is 0.0482.